The fraction of sp³-hybridized carbons (Fsp3) is 0.233. The number of carbonyl (C=O) groups excluding carboxylic acids is 1. The van der Waals surface area contributed by atoms with Crippen molar-refractivity contribution in [1.82, 2.24) is 24.5 Å². The average molecular weight is 574 g/mol. The van der Waals surface area contributed by atoms with Crippen molar-refractivity contribution in [2.75, 3.05) is 13.7 Å². The van der Waals surface area contributed by atoms with Crippen LogP contribution in [0.15, 0.2) is 67.0 Å². The Kier molecular flexibility index (Phi) is 7.58. The SMILES string of the molecule is COC(=O)c1ccc2nc(Cc3ncc(-c4cccc(OCc5ccc(Cl)cc5F)n4)cn3)n(C[C@@H]3CCO3)c2c1. The third-order valence-corrected chi connectivity index (χ3v) is 7.09. The largest absolute Gasteiger partial charge is 0.473 e. The number of methoxy groups -OCH3 is 1. The zero-order chi connectivity index (χ0) is 28.3. The monoisotopic (exact) mass is 573 g/mol. The first-order chi connectivity index (χ1) is 20.0. The second-order valence-corrected chi connectivity index (χ2v) is 10.0. The lowest BCUT2D eigenvalue weighted by Gasteiger charge is -2.27. The molecule has 0 spiro atoms. The highest BCUT2D eigenvalue weighted by Crippen LogP contribution is 2.25. The molecule has 4 heterocycles. The maximum atomic E-state index is 14.1. The molecule has 11 heteroatoms. The summed E-state index contributed by atoms with van der Waals surface area (Å²) >= 11 is 5.82. The number of hydrogen-bond donors (Lipinski definition) is 0. The Morgan fingerprint density at radius 3 is 2.68 bits per heavy atom. The van der Waals surface area contributed by atoms with E-state index in [1.165, 1.54) is 13.2 Å². The van der Waals surface area contributed by atoms with Crippen LogP contribution in [0, 0.1) is 5.82 Å². The highest BCUT2D eigenvalue weighted by atomic mass is 35.5. The van der Waals surface area contributed by atoms with Gasteiger partial charge in [0.2, 0.25) is 5.88 Å². The summed E-state index contributed by atoms with van der Waals surface area (Å²) < 4.78 is 32.4. The van der Waals surface area contributed by atoms with Crippen LogP contribution in [0.25, 0.3) is 22.3 Å². The van der Waals surface area contributed by atoms with Crippen molar-refractivity contribution in [3.05, 3.63) is 101 Å². The number of nitrogens with zero attached hydrogens (tertiary/aromatic N) is 5. The van der Waals surface area contributed by atoms with Crippen molar-refractivity contribution in [3.8, 4) is 17.1 Å². The first kappa shape index (κ1) is 26.8. The molecule has 0 radical (unpaired) electrons. The lowest BCUT2D eigenvalue weighted by molar-refractivity contribution is -0.0589. The van der Waals surface area contributed by atoms with E-state index < -0.39 is 11.8 Å². The maximum Gasteiger partial charge on any atom is 0.337 e. The van der Waals surface area contributed by atoms with Crippen LogP contribution in [0.1, 0.15) is 34.0 Å². The first-order valence-electron chi connectivity index (χ1n) is 13.0. The number of esters is 1. The third-order valence-electron chi connectivity index (χ3n) is 6.86. The molecular formula is C30H25ClFN5O4. The standard InChI is InChI=1S/C30H25ClFN5O4/c1-39-30(38)18-6-8-25-26(11-18)37(16-22-9-10-40-22)28(35-25)13-27-33-14-20(15-34-27)24-3-2-4-29(36-24)41-17-19-5-7-21(31)12-23(19)32/h2-8,11-12,14-15,22H,9-10,13,16-17H2,1H3/t22-/m0/s1. The van der Waals surface area contributed by atoms with E-state index in [9.17, 15) is 9.18 Å². The number of fused-ring (bicyclic) bond motifs is 1. The van der Waals surface area contributed by atoms with Crippen molar-refractivity contribution in [2.45, 2.75) is 32.1 Å². The van der Waals surface area contributed by atoms with Crippen molar-refractivity contribution < 1.29 is 23.4 Å². The molecular weight excluding hydrogens is 549 g/mol. The number of imidazole rings is 1. The quantitative estimate of drug-likeness (QED) is 0.215. The molecule has 0 amide bonds. The Hall–Kier alpha value is -4.41. The molecule has 1 aliphatic rings. The number of halogens is 2. The van der Waals surface area contributed by atoms with Gasteiger partial charge in [0.15, 0.2) is 0 Å². The summed E-state index contributed by atoms with van der Waals surface area (Å²) in [5.74, 6) is 0.863. The summed E-state index contributed by atoms with van der Waals surface area (Å²) in [6.45, 7) is 1.37. The van der Waals surface area contributed by atoms with Crippen molar-refractivity contribution >= 4 is 28.6 Å². The topological polar surface area (TPSA) is 101 Å². The number of carbonyl (C=O) groups is 1. The minimum atomic E-state index is -0.435. The molecule has 3 aromatic heterocycles. The molecule has 1 saturated heterocycles. The number of aromatic nitrogens is 5. The fourth-order valence-electron chi connectivity index (χ4n) is 4.55. The number of hydrogen-bond acceptors (Lipinski definition) is 8. The third kappa shape index (κ3) is 5.89. The number of pyridine rings is 1. The molecule has 0 N–H and O–H groups in total. The number of ether oxygens (including phenoxy) is 3. The van der Waals surface area contributed by atoms with Gasteiger partial charge >= 0.3 is 5.97 Å². The van der Waals surface area contributed by atoms with Gasteiger partial charge in [-0.05, 0) is 42.8 Å². The second kappa shape index (κ2) is 11.6. The van der Waals surface area contributed by atoms with E-state index in [1.54, 1.807) is 48.8 Å². The van der Waals surface area contributed by atoms with Crippen LogP contribution < -0.4 is 4.74 Å². The molecule has 6 rings (SSSR count). The van der Waals surface area contributed by atoms with Gasteiger partial charge in [0.25, 0.3) is 0 Å². The lowest BCUT2D eigenvalue weighted by atomic mass is 10.1. The van der Waals surface area contributed by atoms with Crippen LogP contribution in [0.5, 0.6) is 5.88 Å². The Morgan fingerprint density at radius 1 is 1.12 bits per heavy atom. The highest BCUT2D eigenvalue weighted by Gasteiger charge is 2.23. The van der Waals surface area contributed by atoms with Gasteiger partial charge in [-0.2, -0.15) is 0 Å². The molecule has 41 heavy (non-hydrogen) atoms. The van der Waals surface area contributed by atoms with E-state index in [0.717, 1.165) is 29.9 Å². The van der Waals surface area contributed by atoms with Gasteiger partial charge in [0, 0.05) is 41.2 Å². The van der Waals surface area contributed by atoms with Crippen LogP contribution in [0.4, 0.5) is 4.39 Å². The van der Waals surface area contributed by atoms with E-state index in [-0.39, 0.29) is 12.7 Å². The molecule has 0 aliphatic carbocycles. The maximum absolute atomic E-state index is 14.1. The van der Waals surface area contributed by atoms with Crippen LogP contribution in [-0.4, -0.2) is 50.3 Å². The Labute approximate surface area is 239 Å². The van der Waals surface area contributed by atoms with E-state index in [4.69, 9.17) is 30.8 Å². The van der Waals surface area contributed by atoms with Gasteiger partial charge in [0.1, 0.15) is 24.1 Å². The van der Waals surface area contributed by atoms with Crippen molar-refractivity contribution in [2.24, 2.45) is 0 Å². The lowest BCUT2D eigenvalue weighted by Crippen LogP contribution is -2.31. The zero-order valence-electron chi connectivity index (χ0n) is 22.1. The molecule has 1 fully saturated rings. The summed E-state index contributed by atoms with van der Waals surface area (Å²) in [5, 5.41) is 0.326. The second-order valence-electron chi connectivity index (χ2n) is 9.57. The molecule has 0 unspecified atom stereocenters. The highest BCUT2D eigenvalue weighted by molar-refractivity contribution is 6.30. The molecule has 5 aromatic rings. The first-order valence-corrected chi connectivity index (χ1v) is 13.4. The summed E-state index contributed by atoms with van der Waals surface area (Å²) in [6, 6.07) is 15.1. The van der Waals surface area contributed by atoms with Crippen LogP contribution in [0.2, 0.25) is 5.02 Å². The van der Waals surface area contributed by atoms with Crippen LogP contribution >= 0.6 is 11.6 Å². The van der Waals surface area contributed by atoms with E-state index in [2.05, 4.69) is 19.5 Å². The predicted octanol–water partition coefficient (Wildman–Crippen LogP) is 5.43. The number of rotatable bonds is 9. The Bertz CT molecular complexity index is 1720. The Morgan fingerprint density at radius 2 is 1.95 bits per heavy atom. The average Bonchev–Trinajstić information content (AvgIpc) is 3.30. The molecule has 208 valence electrons. The normalized spacial score (nSPS) is 14.6. The summed E-state index contributed by atoms with van der Waals surface area (Å²) in [5.41, 5.74) is 3.76. The van der Waals surface area contributed by atoms with E-state index in [0.29, 0.717) is 52.1 Å². The molecule has 2 aromatic carbocycles. The minimum Gasteiger partial charge on any atom is -0.473 e. The van der Waals surface area contributed by atoms with Gasteiger partial charge < -0.3 is 18.8 Å². The van der Waals surface area contributed by atoms with Crippen molar-refractivity contribution in [3.63, 3.8) is 0 Å². The molecule has 0 bridgehead atoms. The molecule has 9 nitrogen and oxygen atoms in total. The summed E-state index contributed by atoms with van der Waals surface area (Å²) in [4.78, 5) is 30.6. The van der Waals surface area contributed by atoms with Gasteiger partial charge in [-0.3, -0.25) is 0 Å². The fourth-order valence-corrected chi connectivity index (χ4v) is 4.71. The predicted molar refractivity (Wildman–Crippen MR) is 149 cm³/mol. The van der Waals surface area contributed by atoms with Gasteiger partial charge in [-0.1, -0.05) is 23.7 Å². The summed E-state index contributed by atoms with van der Waals surface area (Å²) in [6.07, 6.45) is 4.84. The smallest absolute Gasteiger partial charge is 0.337 e. The van der Waals surface area contributed by atoms with Crippen molar-refractivity contribution in [1.29, 1.82) is 0 Å². The summed E-state index contributed by atoms with van der Waals surface area (Å²) in [7, 11) is 1.36. The number of benzene rings is 2. The molecule has 0 saturated carbocycles. The van der Waals surface area contributed by atoms with Gasteiger partial charge in [-0.15, -0.1) is 0 Å². The van der Waals surface area contributed by atoms with Crippen LogP contribution in [-0.2, 0) is 29.0 Å². The Balaban J connectivity index is 1.20. The van der Waals surface area contributed by atoms with Gasteiger partial charge in [0.05, 0.1) is 48.5 Å². The van der Waals surface area contributed by atoms with E-state index in [1.807, 2.05) is 12.1 Å². The molecule has 1 aliphatic heterocycles. The minimum absolute atomic E-state index is 0.0168. The van der Waals surface area contributed by atoms with Gasteiger partial charge in [-0.25, -0.2) is 29.1 Å². The zero-order valence-corrected chi connectivity index (χ0v) is 22.8. The van der Waals surface area contributed by atoms with E-state index >= 15 is 0 Å². The van der Waals surface area contributed by atoms with Crippen LogP contribution in [0.3, 0.4) is 0 Å². The molecule has 1 atom stereocenters.